The van der Waals surface area contributed by atoms with Crippen LogP contribution in [0.2, 0.25) is 0 Å². The molecule has 5 nitrogen and oxygen atoms in total. The summed E-state index contributed by atoms with van der Waals surface area (Å²) in [4.78, 5) is 20.0. The number of hydrogen-bond donors (Lipinski definition) is 1. The third-order valence-electron chi connectivity index (χ3n) is 6.36. The lowest BCUT2D eigenvalue weighted by Gasteiger charge is -2.23. The summed E-state index contributed by atoms with van der Waals surface area (Å²) in [5.74, 6) is 0.624. The third-order valence-corrected chi connectivity index (χ3v) is 7.52. The van der Waals surface area contributed by atoms with E-state index in [1.54, 1.807) is 29.3 Å². The Morgan fingerprint density at radius 3 is 2.85 bits per heavy atom. The molecule has 1 aliphatic carbocycles. The average Bonchev–Trinajstić information content (AvgIpc) is 3.22. The van der Waals surface area contributed by atoms with Crippen molar-refractivity contribution in [3.05, 3.63) is 92.6 Å². The second kappa shape index (κ2) is 9.45. The van der Waals surface area contributed by atoms with Crippen LogP contribution in [0, 0.1) is 5.82 Å². The summed E-state index contributed by atoms with van der Waals surface area (Å²) in [6.07, 6.45) is 5.10. The summed E-state index contributed by atoms with van der Waals surface area (Å²) in [5.41, 5.74) is 3.36. The van der Waals surface area contributed by atoms with Crippen LogP contribution in [0.15, 0.2) is 59.7 Å². The van der Waals surface area contributed by atoms with Crippen LogP contribution in [0.5, 0.6) is 5.75 Å². The molecule has 1 aliphatic rings. The normalized spacial score (nSPS) is 15.5. The molecule has 0 unspecified atom stereocenters. The van der Waals surface area contributed by atoms with Gasteiger partial charge in [0.05, 0.1) is 18.8 Å². The van der Waals surface area contributed by atoms with E-state index in [2.05, 4.69) is 10.3 Å². The number of benzene rings is 2. The van der Waals surface area contributed by atoms with Gasteiger partial charge >= 0.3 is 0 Å². The molecule has 170 valence electrons. The number of fused-ring (bicyclic) bond motifs is 3. The van der Waals surface area contributed by atoms with Gasteiger partial charge in [0.25, 0.3) is 5.56 Å². The van der Waals surface area contributed by atoms with Gasteiger partial charge in [-0.3, -0.25) is 9.36 Å². The van der Waals surface area contributed by atoms with E-state index in [0.717, 1.165) is 46.4 Å². The van der Waals surface area contributed by atoms with Gasteiger partial charge in [-0.05, 0) is 60.6 Å². The number of ether oxygens (including phenoxy) is 1. The molecule has 4 aromatic rings. The summed E-state index contributed by atoms with van der Waals surface area (Å²) < 4.78 is 20.3. The molecule has 0 radical (unpaired) electrons. The van der Waals surface area contributed by atoms with Gasteiger partial charge < -0.3 is 10.1 Å². The Balaban J connectivity index is 1.31. The summed E-state index contributed by atoms with van der Waals surface area (Å²) in [6.45, 7) is 1.27. The number of methoxy groups -OCH3 is 1. The number of aromatic nitrogens is 2. The van der Waals surface area contributed by atoms with Crippen molar-refractivity contribution in [2.75, 3.05) is 7.11 Å². The highest BCUT2D eigenvalue weighted by Gasteiger charge is 2.25. The Hall–Kier alpha value is -3.03. The lowest BCUT2D eigenvalue weighted by Crippen LogP contribution is -2.33. The summed E-state index contributed by atoms with van der Waals surface area (Å²) in [5, 5.41) is 4.37. The van der Waals surface area contributed by atoms with Gasteiger partial charge in [0.2, 0.25) is 0 Å². The molecule has 0 bridgehead atoms. The standard InChI is InChI=1S/C26H26FN3O2S/c1-32-22-5-3-2-4-18(22)12-13-30-16-29-25-24(26(30)31)21-11-10-20(14-23(21)33-25)28-15-17-6-8-19(27)9-7-17/h2-9,16,20,28H,10-15H2,1H3/t20-/m0/s1. The monoisotopic (exact) mass is 463 g/mol. The van der Waals surface area contributed by atoms with Crippen LogP contribution in [0.3, 0.4) is 0 Å². The number of hydrogen-bond acceptors (Lipinski definition) is 5. The third kappa shape index (κ3) is 4.56. The van der Waals surface area contributed by atoms with Crippen molar-refractivity contribution in [3.63, 3.8) is 0 Å². The SMILES string of the molecule is COc1ccccc1CCn1cnc2sc3c(c2c1=O)CC[C@H](NCc1ccc(F)cc1)C3. The number of aryl methyl sites for hydroxylation is 3. The largest absolute Gasteiger partial charge is 0.496 e. The molecular formula is C26H26FN3O2S. The maximum absolute atomic E-state index is 13.3. The number of nitrogens with zero attached hydrogens (tertiary/aromatic N) is 2. The van der Waals surface area contributed by atoms with Crippen molar-refractivity contribution in [3.8, 4) is 5.75 Å². The Bertz CT molecular complexity index is 1330. The first-order chi connectivity index (χ1) is 16.1. The topological polar surface area (TPSA) is 56.2 Å². The van der Waals surface area contributed by atoms with Gasteiger partial charge in [0.15, 0.2) is 0 Å². The molecule has 0 spiro atoms. The number of nitrogens with one attached hydrogen (secondary N) is 1. The van der Waals surface area contributed by atoms with E-state index >= 15 is 0 Å². The Labute approximate surface area is 195 Å². The van der Waals surface area contributed by atoms with Crippen LogP contribution < -0.4 is 15.6 Å². The Kier molecular flexibility index (Phi) is 6.24. The summed E-state index contributed by atoms with van der Waals surface area (Å²) in [6, 6.07) is 14.8. The molecule has 1 atom stereocenters. The van der Waals surface area contributed by atoms with Gasteiger partial charge in [0.1, 0.15) is 16.4 Å². The van der Waals surface area contributed by atoms with E-state index in [1.807, 2.05) is 36.4 Å². The number of rotatable bonds is 7. The zero-order valence-corrected chi connectivity index (χ0v) is 19.3. The van der Waals surface area contributed by atoms with Crippen molar-refractivity contribution in [1.82, 2.24) is 14.9 Å². The van der Waals surface area contributed by atoms with Crippen LogP contribution in [0.25, 0.3) is 10.2 Å². The highest BCUT2D eigenvalue weighted by Crippen LogP contribution is 2.33. The van der Waals surface area contributed by atoms with Crippen LogP contribution in [0.4, 0.5) is 4.39 Å². The summed E-state index contributed by atoms with van der Waals surface area (Å²) >= 11 is 1.64. The molecule has 0 aliphatic heterocycles. The molecule has 33 heavy (non-hydrogen) atoms. The Morgan fingerprint density at radius 2 is 2.03 bits per heavy atom. The fourth-order valence-electron chi connectivity index (χ4n) is 4.55. The zero-order valence-electron chi connectivity index (χ0n) is 18.5. The van der Waals surface area contributed by atoms with Gasteiger partial charge in [-0.1, -0.05) is 30.3 Å². The van der Waals surface area contributed by atoms with Crippen LogP contribution in [-0.2, 0) is 32.4 Å². The number of thiophene rings is 1. The number of halogens is 1. The molecule has 1 N–H and O–H groups in total. The van der Waals surface area contributed by atoms with Crippen molar-refractivity contribution >= 4 is 21.6 Å². The highest BCUT2D eigenvalue weighted by molar-refractivity contribution is 7.18. The fraction of sp³-hybridized carbons (Fsp3) is 0.308. The Morgan fingerprint density at radius 1 is 1.21 bits per heavy atom. The van der Waals surface area contributed by atoms with E-state index in [-0.39, 0.29) is 11.4 Å². The molecule has 0 saturated carbocycles. The van der Waals surface area contributed by atoms with Crippen molar-refractivity contribution in [2.45, 2.75) is 44.8 Å². The molecular weight excluding hydrogens is 437 g/mol. The minimum Gasteiger partial charge on any atom is -0.496 e. The van der Waals surface area contributed by atoms with Gasteiger partial charge in [0, 0.05) is 24.0 Å². The quantitative estimate of drug-likeness (QED) is 0.439. The van der Waals surface area contributed by atoms with E-state index < -0.39 is 0 Å². The summed E-state index contributed by atoms with van der Waals surface area (Å²) in [7, 11) is 1.66. The first-order valence-corrected chi connectivity index (χ1v) is 12.0. The van der Waals surface area contributed by atoms with Gasteiger partial charge in [-0.2, -0.15) is 0 Å². The van der Waals surface area contributed by atoms with Crippen LogP contribution >= 0.6 is 11.3 Å². The van der Waals surface area contributed by atoms with Crippen LogP contribution in [0.1, 0.15) is 28.0 Å². The highest BCUT2D eigenvalue weighted by atomic mass is 32.1. The van der Waals surface area contributed by atoms with Crippen molar-refractivity contribution < 1.29 is 9.13 Å². The number of para-hydroxylation sites is 1. The first kappa shape index (κ1) is 21.8. The lowest BCUT2D eigenvalue weighted by molar-refractivity contribution is 0.408. The van der Waals surface area contributed by atoms with Gasteiger partial charge in [-0.25, -0.2) is 9.37 Å². The molecule has 0 saturated heterocycles. The van der Waals surface area contributed by atoms with Crippen molar-refractivity contribution in [1.29, 1.82) is 0 Å². The molecule has 0 amide bonds. The molecule has 0 fully saturated rings. The second-order valence-electron chi connectivity index (χ2n) is 8.44. The fourth-order valence-corrected chi connectivity index (χ4v) is 5.81. The smallest absolute Gasteiger partial charge is 0.262 e. The molecule has 2 aromatic heterocycles. The van der Waals surface area contributed by atoms with E-state index in [1.165, 1.54) is 22.6 Å². The maximum atomic E-state index is 13.3. The van der Waals surface area contributed by atoms with E-state index in [0.29, 0.717) is 25.6 Å². The van der Waals surface area contributed by atoms with E-state index in [4.69, 9.17) is 4.74 Å². The minimum atomic E-state index is -0.215. The molecule has 2 heterocycles. The minimum absolute atomic E-state index is 0.0464. The second-order valence-corrected chi connectivity index (χ2v) is 9.52. The van der Waals surface area contributed by atoms with Crippen molar-refractivity contribution in [2.24, 2.45) is 0 Å². The predicted molar refractivity (Wildman–Crippen MR) is 130 cm³/mol. The molecule has 2 aromatic carbocycles. The average molecular weight is 464 g/mol. The van der Waals surface area contributed by atoms with E-state index in [9.17, 15) is 9.18 Å². The lowest BCUT2D eigenvalue weighted by atomic mass is 9.93. The molecule has 5 rings (SSSR count). The predicted octanol–water partition coefficient (Wildman–Crippen LogP) is 4.50. The van der Waals surface area contributed by atoms with Gasteiger partial charge in [-0.15, -0.1) is 11.3 Å². The molecule has 7 heteroatoms. The maximum Gasteiger partial charge on any atom is 0.262 e. The first-order valence-electron chi connectivity index (χ1n) is 11.2. The zero-order chi connectivity index (χ0) is 22.8. The van der Waals surface area contributed by atoms with Crippen LogP contribution in [-0.4, -0.2) is 22.7 Å².